The highest BCUT2D eigenvalue weighted by Crippen LogP contribution is 2.38. The average Bonchev–Trinajstić information content (AvgIpc) is 2.90. The zero-order valence-corrected chi connectivity index (χ0v) is 11.5. The lowest BCUT2D eigenvalue weighted by Crippen LogP contribution is -2.22. The quantitative estimate of drug-likeness (QED) is 0.646. The van der Waals surface area contributed by atoms with E-state index < -0.39 is 16.4 Å². The molecule has 0 fully saturated rings. The van der Waals surface area contributed by atoms with Crippen LogP contribution in [0.2, 0.25) is 0 Å². The van der Waals surface area contributed by atoms with Gasteiger partial charge in [-0.2, -0.15) is 8.42 Å². The minimum absolute atomic E-state index is 0.0253. The summed E-state index contributed by atoms with van der Waals surface area (Å²) in [5.74, 6) is 0.573. The molecular formula is C15H10O5S. The first-order chi connectivity index (χ1) is 10.1. The van der Waals surface area contributed by atoms with E-state index in [4.69, 9.17) is 13.3 Å². The highest BCUT2D eigenvalue weighted by molar-refractivity contribution is 7.87. The fraction of sp³-hybridized carbons (Fsp3) is 0.0667. The maximum atomic E-state index is 12.1. The van der Waals surface area contributed by atoms with Crippen molar-refractivity contribution in [3.63, 3.8) is 0 Å². The number of hydrogen-bond acceptors (Lipinski definition) is 5. The van der Waals surface area contributed by atoms with Gasteiger partial charge >= 0.3 is 10.1 Å². The molecule has 5 nitrogen and oxygen atoms in total. The highest BCUT2D eigenvalue weighted by atomic mass is 32.2. The summed E-state index contributed by atoms with van der Waals surface area (Å²) in [7, 11) is -3.86. The van der Waals surface area contributed by atoms with Crippen molar-refractivity contribution in [2.75, 3.05) is 0 Å². The molecule has 0 spiro atoms. The summed E-state index contributed by atoms with van der Waals surface area (Å²) in [6.45, 7) is 0. The molecule has 0 radical (unpaired) electrons. The van der Waals surface area contributed by atoms with Crippen molar-refractivity contribution in [1.29, 1.82) is 0 Å². The Bertz CT molecular complexity index is 893. The van der Waals surface area contributed by atoms with Crippen molar-refractivity contribution < 1.29 is 21.8 Å². The predicted molar refractivity (Wildman–Crippen MR) is 74.3 cm³/mol. The molecule has 1 aliphatic heterocycles. The Morgan fingerprint density at radius 1 is 0.952 bits per heavy atom. The van der Waals surface area contributed by atoms with Gasteiger partial charge in [0.25, 0.3) is 6.29 Å². The number of hydrogen-bond donors (Lipinski definition) is 0. The van der Waals surface area contributed by atoms with Gasteiger partial charge in [0.05, 0.1) is 0 Å². The van der Waals surface area contributed by atoms with E-state index in [2.05, 4.69) is 0 Å². The number of para-hydroxylation sites is 2. The van der Waals surface area contributed by atoms with Gasteiger partial charge in [-0.1, -0.05) is 30.3 Å². The van der Waals surface area contributed by atoms with Gasteiger partial charge in [-0.3, -0.25) is 0 Å². The van der Waals surface area contributed by atoms with E-state index in [-0.39, 0.29) is 10.6 Å². The Labute approximate surface area is 120 Å². The Morgan fingerprint density at radius 2 is 1.71 bits per heavy atom. The number of benzene rings is 2. The molecule has 0 aliphatic carbocycles. The lowest BCUT2D eigenvalue weighted by Gasteiger charge is -2.23. The van der Waals surface area contributed by atoms with Crippen LogP contribution in [0.1, 0.15) is 12.1 Å². The van der Waals surface area contributed by atoms with Crippen LogP contribution in [0.25, 0.3) is 11.0 Å². The van der Waals surface area contributed by atoms with Gasteiger partial charge in [-0.15, -0.1) is 0 Å². The van der Waals surface area contributed by atoms with Crippen LogP contribution in [-0.4, -0.2) is 8.42 Å². The second-order valence-electron chi connectivity index (χ2n) is 4.63. The van der Waals surface area contributed by atoms with Crippen LogP contribution >= 0.6 is 0 Å². The SMILES string of the molecule is O=S1(=O)OC(c2cc3ccccc3o2)Oc2ccccc21. The summed E-state index contributed by atoms with van der Waals surface area (Å²) in [6, 6.07) is 15.4. The van der Waals surface area contributed by atoms with E-state index in [0.29, 0.717) is 11.3 Å². The monoisotopic (exact) mass is 302 g/mol. The molecule has 6 heteroatoms. The Kier molecular flexibility index (Phi) is 2.57. The molecule has 2 heterocycles. The van der Waals surface area contributed by atoms with Crippen LogP contribution in [0.15, 0.2) is 63.9 Å². The summed E-state index contributed by atoms with van der Waals surface area (Å²) in [5, 5.41) is 0.857. The van der Waals surface area contributed by atoms with Gasteiger partial charge in [-0.25, -0.2) is 4.18 Å². The van der Waals surface area contributed by atoms with Crippen LogP contribution in [-0.2, 0) is 14.3 Å². The van der Waals surface area contributed by atoms with Crippen LogP contribution in [0.5, 0.6) is 5.75 Å². The summed E-state index contributed by atoms with van der Waals surface area (Å²) in [5.41, 5.74) is 0.649. The first-order valence-corrected chi connectivity index (χ1v) is 7.72. The summed E-state index contributed by atoms with van der Waals surface area (Å²) < 4.78 is 40.5. The number of fused-ring (bicyclic) bond motifs is 2. The van der Waals surface area contributed by atoms with Crippen molar-refractivity contribution in [3.05, 3.63) is 60.4 Å². The smallest absolute Gasteiger partial charge is 0.304 e. The Balaban J connectivity index is 1.81. The second-order valence-corrected chi connectivity index (χ2v) is 6.17. The first-order valence-electron chi connectivity index (χ1n) is 6.31. The third-order valence-corrected chi connectivity index (χ3v) is 4.55. The maximum Gasteiger partial charge on any atom is 0.304 e. The number of rotatable bonds is 1. The number of ether oxygens (including phenoxy) is 1. The van der Waals surface area contributed by atoms with Crippen LogP contribution in [0.3, 0.4) is 0 Å². The van der Waals surface area contributed by atoms with E-state index >= 15 is 0 Å². The van der Waals surface area contributed by atoms with E-state index in [1.807, 2.05) is 18.2 Å². The van der Waals surface area contributed by atoms with Crippen molar-refractivity contribution in [2.24, 2.45) is 0 Å². The topological polar surface area (TPSA) is 65.7 Å². The molecule has 106 valence electrons. The minimum atomic E-state index is -3.86. The molecule has 21 heavy (non-hydrogen) atoms. The molecule has 1 unspecified atom stereocenters. The fourth-order valence-electron chi connectivity index (χ4n) is 2.28. The summed E-state index contributed by atoms with van der Waals surface area (Å²) in [4.78, 5) is 0.0253. The molecule has 0 bridgehead atoms. The second kappa shape index (κ2) is 4.34. The van der Waals surface area contributed by atoms with Gasteiger partial charge in [0.2, 0.25) is 0 Å². The van der Waals surface area contributed by atoms with Crippen molar-refractivity contribution in [1.82, 2.24) is 0 Å². The molecule has 4 rings (SSSR count). The molecular weight excluding hydrogens is 292 g/mol. The van der Waals surface area contributed by atoms with E-state index in [9.17, 15) is 8.42 Å². The fourth-order valence-corrected chi connectivity index (χ4v) is 3.36. The van der Waals surface area contributed by atoms with E-state index in [1.165, 1.54) is 6.07 Å². The molecule has 0 amide bonds. The van der Waals surface area contributed by atoms with E-state index in [0.717, 1.165) is 5.39 Å². The zero-order chi connectivity index (χ0) is 14.4. The van der Waals surface area contributed by atoms with Crippen molar-refractivity contribution >= 4 is 21.1 Å². The Morgan fingerprint density at radius 3 is 2.57 bits per heavy atom. The summed E-state index contributed by atoms with van der Waals surface area (Å²) in [6.07, 6.45) is -1.11. The van der Waals surface area contributed by atoms with Gasteiger partial charge in [0, 0.05) is 5.39 Å². The molecule has 1 atom stereocenters. The van der Waals surface area contributed by atoms with Crippen LogP contribution in [0.4, 0.5) is 0 Å². The Hall–Kier alpha value is -2.31. The van der Waals surface area contributed by atoms with Crippen LogP contribution in [0, 0.1) is 0 Å². The molecule has 2 aromatic carbocycles. The normalized spacial score (nSPS) is 19.9. The minimum Gasteiger partial charge on any atom is -0.455 e. The standard InChI is InChI=1S/C15H10O5S/c16-21(17)14-8-4-3-7-12(14)19-15(20-21)13-9-10-5-1-2-6-11(10)18-13/h1-9,15H. The molecule has 1 aliphatic rings. The third-order valence-electron chi connectivity index (χ3n) is 3.24. The lowest BCUT2D eigenvalue weighted by molar-refractivity contribution is -0.0191. The van der Waals surface area contributed by atoms with Crippen molar-refractivity contribution in [2.45, 2.75) is 11.2 Å². The highest BCUT2D eigenvalue weighted by Gasteiger charge is 2.35. The molecule has 0 saturated heterocycles. The van der Waals surface area contributed by atoms with Crippen molar-refractivity contribution in [3.8, 4) is 5.75 Å². The van der Waals surface area contributed by atoms with Gasteiger partial charge in [-0.05, 0) is 24.3 Å². The zero-order valence-electron chi connectivity index (χ0n) is 10.7. The number of furan rings is 1. The van der Waals surface area contributed by atoms with Gasteiger partial charge in [0.1, 0.15) is 16.2 Å². The molecule has 1 aromatic heterocycles. The molecule has 0 N–H and O–H groups in total. The first kappa shape index (κ1) is 12.4. The van der Waals surface area contributed by atoms with Gasteiger partial charge < -0.3 is 9.15 Å². The maximum absolute atomic E-state index is 12.1. The third kappa shape index (κ3) is 2.00. The predicted octanol–water partition coefficient (Wildman–Crippen LogP) is 3.23. The van der Waals surface area contributed by atoms with Crippen LogP contribution < -0.4 is 4.74 Å². The largest absolute Gasteiger partial charge is 0.455 e. The van der Waals surface area contributed by atoms with E-state index in [1.54, 1.807) is 30.3 Å². The molecule has 0 saturated carbocycles. The molecule has 3 aromatic rings. The summed E-state index contributed by atoms with van der Waals surface area (Å²) >= 11 is 0. The van der Waals surface area contributed by atoms with Gasteiger partial charge in [0.15, 0.2) is 5.76 Å². The lowest BCUT2D eigenvalue weighted by atomic mass is 10.2. The average molecular weight is 302 g/mol.